The monoisotopic (exact) mass is 293 g/mol. The molecule has 1 heterocycles. The summed E-state index contributed by atoms with van der Waals surface area (Å²) in [5.74, 6) is -0.927. The summed E-state index contributed by atoms with van der Waals surface area (Å²) in [6.45, 7) is 4.86. The SMILES string of the molecule is CC(C)Cn1ncnc1COc1ccc(C(=O)O)cc1F. The molecule has 0 aliphatic rings. The molecular weight excluding hydrogens is 277 g/mol. The van der Waals surface area contributed by atoms with Crippen molar-refractivity contribution in [3.05, 3.63) is 41.7 Å². The van der Waals surface area contributed by atoms with Crippen LogP contribution >= 0.6 is 0 Å². The summed E-state index contributed by atoms with van der Waals surface area (Å²) in [5.41, 5.74) is -0.122. The first-order chi connectivity index (χ1) is 9.97. The number of rotatable bonds is 6. The van der Waals surface area contributed by atoms with Gasteiger partial charge in [-0.25, -0.2) is 18.9 Å². The number of carbonyl (C=O) groups is 1. The molecule has 0 radical (unpaired) electrons. The molecule has 1 aromatic heterocycles. The van der Waals surface area contributed by atoms with Crippen LogP contribution in [0.4, 0.5) is 4.39 Å². The van der Waals surface area contributed by atoms with Crippen molar-refractivity contribution in [1.82, 2.24) is 14.8 Å². The molecule has 0 bridgehead atoms. The van der Waals surface area contributed by atoms with Crippen LogP contribution in [0.15, 0.2) is 24.5 Å². The van der Waals surface area contributed by atoms with Crippen molar-refractivity contribution in [3.8, 4) is 5.75 Å². The van der Waals surface area contributed by atoms with Crippen LogP contribution in [0.5, 0.6) is 5.75 Å². The second kappa shape index (κ2) is 6.34. The van der Waals surface area contributed by atoms with Crippen LogP contribution in [0.3, 0.4) is 0 Å². The van der Waals surface area contributed by atoms with Crippen LogP contribution in [-0.4, -0.2) is 25.8 Å². The Hall–Kier alpha value is -2.44. The Morgan fingerprint density at radius 2 is 2.24 bits per heavy atom. The first-order valence-electron chi connectivity index (χ1n) is 6.49. The fourth-order valence-corrected chi connectivity index (χ4v) is 1.79. The van der Waals surface area contributed by atoms with Crippen LogP contribution in [-0.2, 0) is 13.2 Å². The largest absolute Gasteiger partial charge is 0.483 e. The predicted molar refractivity (Wildman–Crippen MR) is 72.6 cm³/mol. The molecule has 0 aliphatic carbocycles. The maximum Gasteiger partial charge on any atom is 0.335 e. The molecule has 0 aliphatic heterocycles. The first-order valence-corrected chi connectivity index (χ1v) is 6.49. The van der Waals surface area contributed by atoms with E-state index in [0.717, 1.165) is 6.07 Å². The second-order valence-corrected chi connectivity index (χ2v) is 4.99. The van der Waals surface area contributed by atoms with Crippen molar-refractivity contribution in [3.63, 3.8) is 0 Å². The molecule has 0 spiro atoms. The van der Waals surface area contributed by atoms with Gasteiger partial charge >= 0.3 is 5.97 Å². The van der Waals surface area contributed by atoms with Crippen molar-refractivity contribution < 1.29 is 19.0 Å². The third kappa shape index (κ3) is 3.77. The molecule has 0 amide bonds. The highest BCUT2D eigenvalue weighted by Crippen LogP contribution is 2.19. The number of ether oxygens (including phenoxy) is 1. The number of hydrogen-bond donors (Lipinski definition) is 1. The molecule has 2 rings (SSSR count). The fourth-order valence-electron chi connectivity index (χ4n) is 1.79. The van der Waals surface area contributed by atoms with E-state index in [1.54, 1.807) is 4.68 Å². The number of nitrogens with zero attached hydrogens (tertiary/aromatic N) is 3. The Morgan fingerprint density at radius 1 is 1.48 bits per heavy atom. The van der Waals surface area contributed by atoms with Gasteiger partial charge in [0, 0.05) is 6.54 Å². The van der Waals surface area contributed by atoms with Gasteiger partial charge in [0.05, 0.1) is 5.56 Å². The van der Waals surface area contributed by atoms with Gasteiger partial charge in [-0.05, 0) is 24.1 Å². The van der Waals surface area contributed by atoms with Gasteiger partial charge in [0.2, 0.25) is 0 Å². The lowest BCUT2D eigenvalue weighted by Crippen LogP contribution is -2.12. The van der Waals surface area contributed by atoms with Gasteiger partial charge < -0.3 is 9.84 Å². The van der Waals surface area contributed by atoms with Gasteiger partial charge in [0.15, 0.2) is 17.4 Å². The number of aromatic carboxylic acids is 1. The minimum atomic E-state index is -1.18. The number of carboxylic acids is 1. The minimum Gasteiger partial charge on any atom is -0.483 e. The van der Waals surface area contributed by atoms with Crippen LogP contribution in [0.2, 0.25) is 0 Å². The third-order valence-electron chi connectivity index (χ3n) is 2.77. The quantitative estimate of drug-likeness (QED) is 0.884. The molecule has 0 unspecified atom stereocenters. The molecule has 1 N–H and O–H groups in total. The third-order valence-corrected chi connectivity index (χ3v) is 2.77. The maximum absolute atomic E-state index is 13.7. The molecular formula is C14H16FN3O3. The standard InChI is InChI=1S/C14H16FN3O3/c1-9(2)6-18-13(16-8-17-18)7-21-12-4-3-10(14(19)20)5-11(12)15/h3-5,8-9H,6-7H2,1-2H3,(H,19,20). The predicted octanol–water partition coefficient (Wildman–Crippen LogP) is 2.35. The molecule has 6 nitrogen and oxygen atoms in total. The van der Waals surface area contributed by atoms with E-state index >= 15 is 0 Å². The van der Waals surface area contributed by atoms with Gasteiger partial charge in [-0.15, -0.1) is 0 Å². The molecule has 7 heteroatoms. The van der Waals surface area contributed by atoms with Gasteiger partial charge in [-0.3, -0.25) is 0 Å². The number of hydrogen-bond acceptors (Lipinski definition) is 4. The highest BCUT2D eigenvalue weighted by Gasteiger charge is 2.11. The summed E-state index contributed by atoms with van der Waals surface area (Å²) in [6, 6.07) is 3.51. The van der Waals surface area contributed by atoms with Gasteiger partial charge in [-0.1, -0.05) is 13.8 Å². The van der Waals surface area contributed by atoms with Crippen molar-refractivity contribution >= 4 is 5.97 Å². The summed E-state index contributed by atoms with van der Waals surface area (Å²) < 4.78 is 20.8. The van der Waals surface area contributed by atoms with Crippen LogP contribution in [0, 0.1) is 11.7 Å². The molecule has 21 heavy (non-hydrogen) atoms. The van der Waals surface area contributed by atoms with Gasteiger partial charge in [0.1, 0.15) is 12.9 Å². The Labute approximate surface area is 121 Å². The van der Waals surface area contributed by atoms with Gasteiger partial charge in [-0.2, -0.15) is 5.10 Å². The topological polar surface area (TPSA) is 77.2 Å². The van der Waals surface area contributed by atoms with Crippen LogP contribution in [0.1, 0.15) is 30.0 Å². The normalized spacial score (nSPS) is 10.9. The Balaban J connectivity index is 2.07. The van der Waals surface area contributed by atoms with E-state index in [-0.39, 0.29) is 17.9 Å². The molecule has 0 saturated carbocycles. The Bertz CT molecular complexity index is 640. The summed E-state index contributed by atoms with van der Waals surface area (Å²) in [7, 11) is 0. The summed E-state index contributed by atoms with van der Waals surface area (Å²) in [4.78, 5) is 14.8. The van der Waals surface area contributed by atoms with E-state index in [1.807, 2.05) is 0 Å². The molecule has 0 fully saturated rings. The summed E-state index contributed by atoms with van der Waals surface area (Å²) >= 11 is 0. The Morgan fingerprint density at radius 3 is 2.86 bits per heavy atom. The minimum absolute atomic E-state index is 0.0147. The fraction of sp³-hybridized carbons (Fsp3) is 0.357. The zero-order valence-electron chi connectivity index (χ0n) is 11.8. The molecule has 112 valence electrons. The van der Waals surface area contributed by atoms with Crippen LogP contribution < -0.4 is 4.74 Å². The van der Waals surface area contributed by atoms with Crippen molar-refractivity contribution in [2.24, 2.45) is 5.92 Å². The number of aromatic nitrogens is 3. The van der Waals surface area contributed by atoms with E-state index in [4.69, 9.17) is 9.84 Å². The summed E-state index contributed by atoms with van der Waals surface area (Å²) in [6.07, 6.45) is 1.42. The van der Waals surface area contributed by atoms with Crippen molar-refractivity contribution in [1.29, 1.82) is 0 Å². The number of carboxylic acid groups (broad SMARTS) is 1. The first kappa shape index (κ1) is 15.0. The lowest BCUT2D eigenvalue weighted by Gasteiger charge is -2.10. The highest BCUT2D eigenvalue weighted by atomic mass is 19.1. The summed E-state index contributed by atoms with van der Waals surface area (Å²) in [5, 5.41) is 12.9. The average molecular weight is 293 g/mol. The Kier molecular flexibility index (Phi) is 4.52. The number of benzene rings is 1. The lowest BCUT2D eigenvalue weighted by atomic mass is 10.2. The van der Waals surface area contributed by atoms with Crippen LogP contribution in [0.25, 0.3) is 0 Å². The van der Waals surface area contributed by atoms with E-state index < -0.39 is 11.8 Å². The molecule has 1 aromatic carbocycles. The van der Waals surface area contributed by atoms with E-state index in [1.165, 1.54) is 18.5 Å². The number of halogens is 1. The average Bonchev–Trinajstić information content (AvgIpc) is 2.83. The highest BCUT2D eigenvalue weighted by molar-refractivity contribution is 5.87. The molecule has 0 saturated heterocycles. The zero-order chi connectivity index (χ0) is 15.4. The van der Waals surface area contributed by atoms with E-state index in [9.17, 15) is 9.18 Å². The second-order valence-electron chi connectivity index (χ2n) is 4.99. The van der Waals surface area contributed by atoms with Gasteiger partial charge in [0.25, 0.3) is 0 Å². The molecule has 2 aromatic rings. The van der Waals surface area contributed by atoms with Crippen molar-refractivity contribution in [2.45, 2.75) is 27.0 Å². The zero-order valence-corrected chi connectivity index (χ0v) is 11.8. The lowest BCUT2D eigenvalue weighted by molar-refractivity contribution is 0.0696. The van der Waals surface area contributed by atoms with Crippen molar-refractivity contribution in [2.75, 3.05) is 0 Å². The smallest absolute Gasteiger partial charge is 0.335 e. The molecule has 0 atom stereocenters. The van der Waals surface area contributed by atoms with E-state index in [0.29, 0.717) is 18.3 Å². The van der Waals surface area contributed by atoms with E-state index in [2.05, 4.69) is 23.9 Å². The maximum atomic E-state index is 13.7.